The first-order chi connectivity index (χ1) is 13.2. The largest absolute Gasteiger partial charge is 0.424 e. The highest BCUT2D eigenvalue weighted by atomic mass is 35.5. The molecule has 154 valence electrons. The zero-order valence-electron chi connectivity index (χ0n) is 15.6. The van der Waals surface area contributed by atoms with E-state index in [-0.39, 0.29) is 6.54 Å². The van der Waals surface area contributed by atoms with Crippen molar-refractivity contribution in [2.24, 2.45) is 12.0 Å². The molecular weight excluding hydrogens is 395 g/mol. The molecule has 1 aromatic carbocycles. The Bertz CT molecular complexity index is 791. The molecule has 0 radical (unpaired) electrons. The van der Waals surface area contributed by atoms with Gasteiger partial charge in [-0.05, 0) is 24.6 Å². The second-order valence-corrected chi connectivity index (χ2v) is 6.65. The van der Waals surface area contributed by atoms with Crippen LogP contribution in [0.2, 0.25) is 5.02 Å². The second-order valence-electron chi connectivity index (χ2n) is 6.22. The van der Waals surface area contributed by atoms with Gasteiger partial charge in [-0.3, -0.25) is 0 Å². The van der Waals surface area contributed by atoms with Gasteiger partial charge in [0.25, 0.3) is 0 Å². The quantitative estimate of drug-likeness (QED) is 0.478. The Balaban J connectivity index is 2.06. The van der Waals surface area contributed by atoms with Gasteiger partial charge in [0.15, 0.2) is 5.96 Å². The highest BCUT2D eigenvalue weighted by Crippen LogP contribution is 2.40. The molecule has 0 aliphatic heterocycles. The van der Waals surface area contributed by atoms with Crippen molar-refractivity contribution < 1.29 is 18.3 Å². The van der Waals surface area contributed by atoms with Crippen LogP contribution in [0.4, 0.5) is 13.2 Å². The van der Waals surface area contributed by atoms with Crippen LogP contribution >= 0.6 is 11.6 Å². The van der Waals surface area contributed by atoms with Crippen LogP contribution in [0.15, 0.2) is 41.7 Å². The van der Waals surface area contributed by atoms with Crippen LogP contribution in [-0.4, -0.2) is 39.9 Å². The van der Waals surface area contributed by atoms with Crippen molar-refractivity contribution in [3.8, 4) is 0 Å². The van der Waals surface area contributed by atoms with Crippen molar-refractivity contribution in [2.75, 3.05) is 13.1 Å². The molecule has 1 unspecified atom stereocenters. The number of guanidine groups is 1. The number of aliphatic hydroxyl groups is 1. The number of benzene rings is 1. The molecular formula is C18H23ClF3N5O. The molecule has 28 heavy (non-hydrogen) atoms. The number of hydrogen-bond donors (Lipinski definition) is 3. The smallest absolute Gasteiger partial charge is 0.374 e. The van der Waals surface area contributed by atoms with Crippen LogP contribution in [-0.2, 0) is 19.2 Å². The fourth-order valence-electron chi connectivity index (χ4n) is 2.61. The van der Waals surface area contributed by atoms with Gasteiger partial charge in [0, 0.05) is 44.0 Å². The van der Waals surface area contributed by atoms with Gasteiger partial charge in [-0.2, -0.15) is 13.2 Å². The van der Waals surface area contributed by atoms with Gasteiger partial charge in [-0.15, -0.1) is 0 Å². The molecule has 6 nitrogen and oxygen atoms in total. The Hall–Kier alpha value is -2.26. The monoisotopic (exact) mass is 417 g/mol. The predicted octanol–water partition coefficient (Wildman–Crippen LogP) is 2.97. The van der Waals surface area contributed by atoms with E-state index in [2.05, 4.69) is 20.6 Å². The summed E-state index contributed by atoms with van der Waals surface area (Å²) < 4.78 is 41.8. The summed E-state index contributed by atoms with van der Waals surface area (Å²) in [6.45, 7) is 2.56. The number of aryl methyl sites for hydroxylation is 1. The SMILES string of the molecule is CCNC(=NCc1ccc(Cl)cc1)NCCC(O)(c1nccn1C)C(F)(F)F. The summed E-state index contributed by atoms with van der Waals surface area (Å²) in [5.74, 6) is -0.105. The molecule has 0 saturated heterocycles. The van der Waals surface area contributed by atoms with E-state index in [1.54, 1.807) is 12.1 Å². The molecule has 2 aromatic rings. The van der Waals surface area contributed by atoms with E-state index < -0.39 is 24.0 Å². The fourth-order valence-corrected chi connectivity index (χ4v) is 2.73. The summed E-state index contributed by atoms with van der Waals surface area (Å²) in [5.41, 5.74) is -2.16. The number of imidazole rings is 1. The molecule has 1 heterocycles. The molecule has 2 rings (SSSR count). The highest BCUT2D eigenvalue weighted by Gasteiger charge is 2.57. The molecule has 0 fully saturated rings. The number of hydrogen-bond acceptors (Lipinski definition) is 3. The molecule has 0 bridgehead atoms. The average Bonchev–Trinajstić information content (AvgIpc) is 3.06. The standard InChI is InChI=1S/C18H23ClF3N5O/c1-3-23-16(26-12-13-4-6-14(19)7-5-13)25-9-8-17(28,18(20,21)22)15-24-10-11-27(15)2/h4-7,10-11,28H,3,8-9,12H2,1-2H3,(H2,23,25,26). The summed E-state index contributed by atoms with van der Waals surface area (Å²) in [4.78, 5) is 8.02. The molecule has 0 aliphatic rings. The van der Waals surface area contributed by atoms with Gasteiger partial charge in [0.05, 0.1) is 6.54 Å². The van der Waals surface area contributed by atoms with Crippen LogP contribution in [0.5, 0.6) is 0 Å². The lowest BCUT2D eigenvalue weighted by atomic mass is 9.97. The Kier molecular flexibility index (Phi) is 7.31. The Labute approximate surface area is 166 Å². The van der Waals surface area contributed by atoms with Crippen molar-refractivity contribution in [2.45, 2.75) is 31.7 Å². The molecule has 1 aromatic heterocycles. The zero-order valence-corrected chi connectivity index (χ0v) is 16.3. The lowest BCUT2D eigenvalue weighted by molar-refractivity contribution is -0.272. The first-order valence-electron chi connectivity index (χ1n) is 8.71. The lowest BCUT2D eigenvalue weighted by Crippen LogP contribution is -2.47. The number of alkyl halides is 3. The number of nitrogens with one attached hydrogen (secondary N) is 2. The van der Waals surface area contributed by atoms with Crippen molar-refractivity contribution in [1.29, 1.82) is 0 Å². The van der Waals surface area contributed by atoms with E-state index in [9.17, 15) is 18.3 Å². The number of aliphatic imine (C=N–C) groups is 1. The van der Waals surface area contributed by atoms with Gasteiger partial charge in [0.2, 0.25) is 5.60 Å². The normalized spacial score (nSPS) is 14.6. The first-order valence-corrected chi connectivity index (χ1v) is 9.08. The second kappa shape index (κ2) is 9.29. The van der Waals surface area contributed by atoms with Gasteiger partial charge in [0.1, 0.15) is 5.82 Å². The van der Waals surface area contributed by atoms with Crippen LogP contribution in [0.25, 0.3) is 0 Å². The van der Waals surface area contributed by atoms with Gasteiger partial charge in [-0.25, -0.2) is 9.98 Å². The third-order valence-electron chi connectivity index (χ3n) is 4.12. The maximum Gasteiger partial charge on any atom is 0.424 e. The number of halogens is 4. The number of rotatable bonds is 7. The summed E-state index contributed by atoms with van der Waals surface area (Å²) in [6.07, 6.45) is -2.91. The third kappa shape index (κ3) is 5.39. The Morgan fingerprint density at radius 1 is 1.25 bits per heavy atom. The Morgan fingerprint density at radius 3 is 2.46 bits per heavy atom. The average molecular weight is 418 g/mol. The molecule has 1 atom stereocenters. The summed E-state index contributed by atoms with van der Waals surface area (Å²) in [5, 5.41) is 16.7. The van der Waals surface area contributed by atoms with Crippen LogP contribution in [0, 0.1) is 0 Å². The topological polar surface area (TPSA) is 74.5 Å². The van der Waals surface area contributed by atoms with Gasteiger partial charge >= 0.3 is 6.18 Å². The van der Waals surface area contributed by atoms with E-state index in [0.717, 1.165) is 10.1 Å². The van der Waals surface area contributed by atoms with Crippen molar-refractivity contribution in [3.05, 3.63) is 53.1 Å². The molecule has 0 amide bonds. The van der Waals surface area contributed by atoms with E-state index >= 15 is 0 Å². The van der Waals surface area contributed by atoms with Crippen LogP contribution in [0.3, 0.4) is 0 Å². The van der Waals surface area contributed by atoms with Crippen LogP contribution < -0.4 is 10.6 Å². The molecule has 0 saturated carbocycles. The maximum atomic E-state index is 13.5. The zero-order chi connectivity index (χ0) is 20.8. The van der Waals surface area contributed by atoms with E-state index in [1.165, 1.54) is 19.4 Å². The summed E-state index contributed by atoms with van der Waals surface area (Å²) in [6, 6.07) is 7.11. The molecule has 0 spiro atoms. The lowest BCUT2D eigenvalue weighted by Gasteiger charge is -2.30. The third-order valence-corrected chi connectivity index (χ3v) is 4.37. The van der Waals surface area contributed by atoms with Crippen molar-refractivity contribution >= 4 is 17.6 Å². The van der Waals surface area contributed by atoms with E-state index in [0.29, 0.717) is 24.1 Å². The van der Waals surface area contributed by atoms with E-state index in [4.69, 9.17) is 11.6 Å². The van der Waals surface area contributed by atoms with Crippen LogP contribution in [0.1, 0.15) is 24.7 Å². The Morgan fingerprint density at radius 2 is 1.93 bits per heavy atom. The first kappa shape index (κ1) is 22.0. The van der Waals surface area contributed by atoms with Crippen molar-refractivity contribution in [1.82, 2.24) is 20.2 Å². The maximum absolute atomic E-state index is 13.5. The molecule has 10 heteroatoms. The highest BCUT2D eigenvalue weighted by molar-refractivity contribution is 6.30. The number of aromatic nitrogens is 2. The summed E-state index contributed by atoms with van der Waals surface area (Å²) >= 11 is 5.84. The van der Waals surface area contributed by atoms with Gasteiger partial charge in [-0.1, -0.05) is 23.7 Å². The number of nitrogens with zero attached hydrogens (tertiary/aromatic N) is 3. The van der Waals surface area contributed by atoms with E-state index in [1.807, 2.05) is 19.1 Å². The molecule has 0 aliphatic carbocycles. The van der Waals surface area contributed by atoms with Crippen molar-refractivity contribution in [3.63, 3.8) is 0 Å². The molecule has 3 N–H and O–H groups in total. The van der Waals surface area contributed by atoms with Gasteiger partial charge < -0.3 is 20.3 Å². The minimum Gasteiger partial charge on any atom is -0.374 e. The minimum absolute atomic E-state index is 0.157. The predicted molar refractivity (Wildman–Crippen MR) is 102 cm³/mol. The minimum atomic E-state index is -4.87. The summed E-state index contributed by atoms with van der Waals surface area (Å²) in [7, 11) is 1.41. The fraction of sp³-hybridized carbons (Fsp3) is 0.444.